The average molecular weight is 737 g/mol. The van der Waals surface area contributed by atoms with Crippen molar-refractivity contribution in [2.45, 2.75) is 83.0 Å². The molecule has 2 aromatic carbocycles. The molecule has 1 aliphatic carbocycles. The van der Waals surface area contributed by atoms with Gasteiger partial charge in [-0.2, -0.15) is 0 Å². The first-order valence-corrected chi connectivity index (χ1v) is 20.7. The smallest absolute Gasteiger partial charge is 0.310 e. The molecule has 3 aliphatic heterocycles. The van der Waals surface area contributed by atoms with Gasteiger partial charge in [-0.15, -0.1) is 0 Å². The van der Waals surface area contributed by atoms with Crippen molar-refractivity contribution in [2.24, 2.45) is 11.8 Å². The van der Waals surface area contributed by atoms with E-state index >= 15 is 0 Å². The quantitative estimate of drug-likeness (QED) is 0.106. The maximum atomic E-state index is 13.7. The number of cyclic esters (lactones) is 1. The second-order valence-corrected chi connectivity index (χ2v) is 20.0. The van der Waals surface area contributed by atoms with Gasteiger partial charge in [0.15, 0.2) is 28.7 Å². The summed E-state index contributed by atoms with van der Waals surface area (Å²) in [4.78, 5) is 52.3. The van der Waals surface area contributed by atoms with Gasteiger partial charge in [0.25, 0.3) is 20.1 Å². The second kappa shape index (κ2) is 14.4. The van der Waals surface area contributed by atoms with Crippen LogP contribution in [0, 0.1) is 11.8 Å². The van der Waals surface area contributed by atoms with Gasteiger partial charge in [-0.25, -0.2) is 0 Å². The number of nitrogens with zero attached hydrogens (tertiary/aromatic N) is 1. The van der Waals surface area contributed by atoms with Crippen LogP contribution in [0.3, 0.4) is 0 Å². The number of unbranched alkanes of at least 4 members (excludes halogenated alkanes) is 3. The highest BCUT2D eigenvalue weighted by molar-refractivity contribution is 6.74. The van der Waals surface area contributed by atoms with Gasteiger partial charge in [0.05, 0.1) is 32.8 Å². The van der Waals surface area contributed by atoms with Gasteiger partial charge in [0, 0.05) is 30.9 Å². The number of ether oxygens (including phenoxy) is 5. The standard InChI is InChI=1S/C38H48N2O11Si/c1-38(2,3)52(6,7)51-35-28(46-4)14-21(15-29(35)47-5)32-22-16-26-27(50-20-49-26)17-23(22)34(24-19-48-37(45)33(24)32)39-25-18-30(41)40(36(25)44)13-11-9-8-10-12-31(42)43/h14-18,24,32-34,39H,8-13,19-20H2,1-7H3,(H,42,43)/t24-,32+,33-,34+/m0/s1. The number of carbonyl (C=O) groups is 4. The molecular formula is C38H48N2O11Si. The number of carboxylic acids is 1. The van der Waals surface area contributed by atoms with Gasteiger partial charge in [0.1, 0.15) is 5.70 Å². The molecule has 0 bridgehead atoms. The summed E-state index contributed by atoms with van der Waals surface area (Å²) < 4.78 is 35.9. The lowest BCUT2D eigenvalue weighted by atomic mass is 9.65. The van der Waals surface area contributed by atoms with Crippen LogP contribution in [-0.2, 0) is 23.9 Å². The van der Waals surface area contributed by atoms with Crippen molar-refractivity contribution < 1.29 is 52.4 Å². The Morgan fingerprint density at radius 3 is 2.19 bits per heavy atom. The predicted octanol–water partition coefficient (Wildman–Crippen LogP) is 5.67. The van der Waals surface area contributed by atoms with Crippen molar-refractivity contribution in [1.82, 2.24) is 10.2 Å². The Balaban J connectivity index is 1.35. The zero-order chi connectivity index (χ0) is 37.5. The molecule has 4 atom stereocenters. The van der Waals surface area contributed by atoms with Crippen LogP contribution >= 0.6 is 0 Å². The van der Waals surface area contributed by atoms with Crippen molar-refractivity contribution >= 4 is 32.1 Å². The SMILES string of the molecule is COc1cc([C@@H]2c3cc4c(cc3[C@@H](NC3=CC(=O)N(CCCCCCC(=O)O)C3=O)[C@H]3COC(=O)[C@H]23)OCO4)cc(OC)c1O[Si](C)(C)C(C)(C)C. The highest BCUT2D eigenvalue weighted by Crippen LogP contribution is 2.56. The molecule has 0 aromatic heterocycles. The molecule has 0 unspecified atom stereocenters. The van der Waals surface area contributed by atoms with E-state index in [0.717, 1.165) is 16.7 Å². The van der Waals surface area contributed by atoms with E-state index in [2.05, 4.69) is 39.2 Å². The minimum absolute atomic E-state index is 0.0421. The summed E-state index contributed by atoms with van der Waals surface area (Å²) in [6, 6.07) is 6.95. The van der Waals surface area contributed by atoms with E-state index in [1.807, 2.05) is 24.3 Å². The van der Waals surface area contributed by atoms with Gasteiger partial charge >= 0.3 is 11.9 Å². The first-order chi connectivity index (χ1) is 24.6. The molecule has 2 N–H and O–H groups in total. The summed E-state index contributed by atoms with van der Waals surface area (Å²) in [6.45, 7) is 11.1. The van der Waals surface area contributed by atoms with Crippen molar-refractivity contribution in [2.75, 3.05) is 34.2 Å². The number of hydrogen-bond donors (Lipinski definition) is 2. The molecule has 4 aliphatic rings. The highest BCUT2D eigenvalue weighted by Gasteiger charge is 2.53. The molecular weight excluding hydrogens is 689 g/mol. The Hall–Kier alpha value is -4.72. The zero-order valence-corrected chi connectivity index (χ0v) is 31.8. The number of methoxy groups -OCH3 is 2. The first kappa shape index (κ1) is 37.0. The van der Waals surface area contributed by atoms with Crippen molar-refractivity contribution in [3.63, 3.8) is 0 Å². The summed E-state index contributed by atoms with van der Waals surface area (Å²) in [5.41, 5.74) is 2.45. The third-order valence-electron chi connectivity index (χ3n) is 11.0. The molecule has 0 radical (unpaired) electrons. The van der Waals surface area contributed by atoms with Gasteiger partial charge in [0.2, 0.25) is 6.79 Å². The maximum absolute atomic E-state index is 13.7. The molecule has 1 saturated heterocycles. The number of fused-ring (bicyclic) bond motifs is 3. The normalized spacial score (nSPS) is 22.1. The average Bonchev–Trinajstić information content (AvgIpc) is 3.78. The Bertz CT molecular complexity index is 1770. The Morgan fingerprint density at radius 2 is 1.58 bits per heavy atom. The van der Waals surface area contributed by atoms with E-state index in [9.17, 15) is 19.2 Å². The van der Waals surface area contributed by atoms with E-state index in [1.165, 1.54) is 11.0 Å². The minimum Gasteiger partial charge on any atom is -0.539 e. The molecule has 13 nitrogen and oxygen atoms in total. The fourth-order valence-corrected chi connectivity index (χ4v) is 8.24. The van der Waals surface area contributed by atoms with Crippen LogP contribution in [-0.4, -0.2) is 76.2 Å². The zero-order valence-electron chi connectivity index (χ0n) is 30.8. The number of imide groups is 1. The van der Waals surface area contributed by atoms with Crippen molar-refractivity contribution in [3.8, 4) is 28.7 Å². The largest absolute Gasteiger partial charge is 0.539 e. The van der Waals surface area contributed by atoms with Crippen molar-refractivity contribution in [3.05, 3.63) is 52.7 Å². The van der Waals surface area contributed by atoms with E-state index in [-0.39, 0.29) is 43.1 Å². The lowest BCUT2D eigenvalue weighted by Gasteiger charge is -2.40. The topological polar surface area (TPSA) is 159 Å². The van der Waals surface area contributed by atoms with Gasteiger partial charge in [-0.3, -0.25) is 24.1 Å². The van der Waals surface area contributed by atoms with E-state index in [0.29, 0.717) is 54.4 Å². The molecule has 0 spiro atoms. The lowest BCUT2D eigenvalue weighted by Crippen LogP contribution is -2.44. The number of carboxylic acid groups (broad SMARTS) is 1. The number of hydrogen-bond acceptors (Lipinski definition) is 11. The highest BCUT2D eigenvalue weighted by atomic mass is 28.4. The Morgan fingerprint density at radius 1 is 0.942 bits per heavy atom. The summed E-state index contributed by atoms with van der Waals surface area (Å²) in [5, 5.41) is 12.1. The second-order valence-electron chi connectivity index (χ2n) is 15.3. The Kier molecular flexibility index (Phi) is 10.2. The van der Waals surface area contributed by atoms with Gasteiger partial charge in [-0.05, 0) is 71.9 Å². The first-order valence-electron chi connectivity index (χ1n) is 17.8. The van der Waals surface area contributed by atoms with Gasteiger partial charge < -0.3 is 38.5 Å². The summed E-state index contributed by atoms with van der Waals surface area (Å²) in [6.07, 6.45) is 3.89. The number of esters is 1. The number of rotatable bonds is 14. The van der Waals surface area contributed by atoms with Crippen LogP contribution in [0.5, 0.6) is 28.7 Å². The van der Waals surface area contributed by atoms with Crippen LogP contribution in [0.2, 0.25) is 18.1 Å². The molecule has 2 aromatic rings. The molecule has 1 fully saturated rings. The molecule has 280 valence electrons. The maximum Gasteiger partial charge on any atom is 0.310 e. The fourth-order valence-electron chi connectivity index (χ4n) is 7.23. The van der Waals surface area contributed by atoms with E-state index in [4.69, 9.17) is 33.2 Å². The summed E-state index contributed by atoms with van der Waals surface area (Å²) in [5.74, 6) is -1.16. The number of carbonyl (C=O) groups excluding carboxylic acids is 3. The number of aliphatic carboxylic acids is 1. The number of benzene rings is 2. The predicted molar refractivity (Wildman–Crippen MR) is 191 cm³/mol. The number of amides is 2. The molecule has 14 heteroatoms. The van der Waals surface area contributed by atoms with Crippen LogP contribution in [0.25, 0.3) is 0 Å². The molecule has 2 amide bonds. The van der Waals surface area contributed by atoms with Crippen LogP contribution < -0.4 is 28.7 Å². The van der Waals surface area contributed by atoms with Gasteiger partial charge in [-0.1, -0.05) is 33.6 Å². The summed E-state index contributed by atoms with van der Waals surface area (Å²) >= 11 is 0. The monoisotopic (exact) mass is 736 g/mol. The minimum atomic E-state index is -2.31. The molecule has 3 heterocycles. The van der Waals surface area contributed by atoms with Crippen LogP contribution in [0.1, 0.15) is 81.5 Å². The summed E-state index contributed by atoms with van der Waals surface area (Å²) in [7, 11) is 0.841. The fraction of sp³-hybridized carbons (Fsp3) is 0.526. The van der Waals surface area contributed by atoms with E-state index < -0.39 is 49.9 Å². The number of nitrogens with one attached hydrogen (secondary N) is 1. The Labute approximate surface area is 304 Å². The van der Waals surface area contributed by atoms with E-state index in [1.54, 1.807) is 14.2 Å². The lowest BCUT2D eigenvalue weighted by molar-refractivity contribution is -0.142. The third kappa shape index (κ3) is 6.92. The van der Waals surface area contributed by atoms with Crippen LogP contribution in [0.15, 0.2) is 36.0 Å². The third-order valence-corrected chi connectivity index (χ3v) is 15.4. The molecule has 6 rings (SSSR count). The molecule has 52 heavy (non-hydrogen) atoms. The van der Waals surface area contributed by atoms with Crippen LogP contribution in [0.4, 0.5) is 0 Å². The molecule has 0 saturated carbocycles. The van der Waals surface area contributed by atoms with Crippen molar-refractivity contribution in [1.29, 1.82) is 0 Å².